The molecule has 0 bridgehead atoms. The number of piperazine rings is 1. The Hall–Kier alpha value is -3.83. The number of nitrogens with zero attached hydrogens (tertiary/aromatic N) is 4. The van der Waals surface area contributed by atoms with E-state index in [1.807, 2.05) is 31.2 Å². The number of nitrogens with one attached hydrogen (secondary N) is 1. The largest absolute Gasteiger partial charge is 0.495 e. The molecule has 2 aromatic rings. The number of benzene rings is 1. The maximum atomic E-state index is 12.5. The molecule has 1 aliphatic rings. The molecule has 1 aromatic carbocycles. The van der Waals surface area contributed by atoms with E-state index in [0.29, 0.717) is 19.6 Å². The predicted octanol–water partition coefficient (Wildman–Crippen LogP) is 0.298. The quantitative estimate of drug-likeness (QED) is 0.577. The lowest BCUT2D eigenvalue weighted by Gasteiger charge is -2.41. The lowest BCUT2D eigenvalue weighted by atomic mass is 10.1. The Kier molecular flexibility index (Phi) is 7.97. The van der Waals surface area contributed by atoms with Gasteiger partial charge in [0.25, 0.3) is 18.2 Å². The number of carboxylic acid groups (broad SMARTS) is 1. The van der Waals surface area contributed by atoms with Gasteiger partial charge in [-0.1, -0.05) is 17.3 Å². The number of anilines is 1. The molecule has 12 heteroatoms. The molecular weight excluding hydrogens is 396 g/mol. The van der Waals surface area contributed by atoms with Crippen LogP contribution < -0.4 is 20.7 Å². The molecular formula is C18H24N6O6. The number of carbonyl (C=O) groups excluding carboxylic acids is 2. The van der Waals surface area contributed by atoms with E-state index in [-0.39, 0.29) is 36.8 Å². The highest BCUT2D eigenvalue weighted by Crippen LogP contribution is 2.29. The second-order valence-electron chi connectivity index (χ2n) is 6.30. The molecule has 3 rings (SSSR count). The Labute approximate surface area is 172 Å². The molecule has 0 saturated carbocycles. The minimum Gasteiger partial charge on any atom is -0.495 e. The number of para-hydroxylation sites is 2. The lowest BCUT2D eigenvalue weighted by molar-refractivity contribution is -0.122. The zero-order valence-corrected chi connectivity index (χ0v) is 16.6. The van der Waals surface area contributed by atoms with Gasteiger partial charge in [0.1, 0.15) is 5.75 Å². The summed E-state index contributed by atoms with van der Waals surface area (Å²) < 4.78 is 10.3. The summed E-state index contributed by atoms with van der Waals surface area (Å²) in [6.45, 7) is 3.68. The minimum absolute atomic E-state index is 0.00692. The van der Waals surface area contributed by atoms with Gasteiger partial charge in [-0.05, 0) is 19.1 Å². The van der Waals surface area contributed by atoms with Crippen LogP contribution in [-0.2, 0) is 11.3 Å². The van der Waals surface area contributed by atoms with Gasteiger partial charge < -0.3 is 35.2 Å². The molecule has 1 saturated heterocycles. The Morgan fingerprint density at radius 3 is 2.70 bits per heavy atom. The number of hydrogen-bond acceptors (Lipinski definition) is 8. The van der Waals surface area contributed by atoms with Crippen LogP contribution in [0, 0.1) is 0 Å². The summed E-state index contributed by atoms with van der Waals surface area (Å²) in [6.07, 6.45) is 0. The summed E-state index contributed by atoms with van der Waals surface area (Å²) in [5.74, 6) is -0.0582. The predicted molar refractivity (Wildman–Crippen MR) is 105 cm³/mol. The fourth-order valence-electron chi connectivity index (χ4n) is 3.05. The smallest absolute Gasteiger partial charge is 0.318 e. The van der Waals surface area contributed by atoms with E-state index in [4.69, 9.17) is 24.9 Å². The molecule has 3 amide bonds. The number of methoxy groups -OCH3 is 1. The third-order valence-electron chi connectivity index (χ3n) is 4.39. The second kappa shape index (κ2) is 10.6. The van der Waals surface area contributed by atoms with Crippen LogP contribution in [0.1, 0.15) is 23.4 Å². The van der Waals surface area contributed by atoms with Crippen molar-refractivity contribution in [2.75, 3.05) is 31.6 Å². The van der Waals surface area contributed by atoms with Crippen LogP contribution in [0.2, 0.25) is 0 Å². The molecule has 162 valence electrons. The third-order valence-corrected chi connectivity index (χ3v) is 4.39. The summed E-state index contributed by atoms with van der Waals surface area (Å²) in [6, 6.07) is 7.58. The molecule has 0 aliphatic carbocycles. The SMILES string of the molecule is COc1ccccc1N1CCN(C(=O)NCc2nc(C(N)=O)no2)C(C)C1.O=CO. The van der Waals surface area contributed by atoms with E-state index >= 15 is 0 Å². The molecule has 12 nitrogen and oxygen atoms in total. The maximum Gasteiger partial charge on any atom is 0.318 e. The molecule has 0 radical (unpaired) electrons. The van der Waals surface area contributed by atoms with Crippen molar-refractivity contribution in [1.29, 1.82) is 0 Å². The normalized spacial score (nSPS) is 15.6. The number of primary amides is 1. The van der Waals surface area contributed by atoms with Gasteiger partial charge in [-0.2, -0.15) is 4.98 Å². The number of aromatic nitrogens is 2. The molecule has 1 atom stereocenters. The van der Waals surface area contributed by atoms with Gasteiger partial charge in [-0.3, -0.25) is 9.59 Å². The first-order valence-electron chi connectivity index (χ1n) is 9.03. The topological polar surface area (TPSA) is 164 Å². The Bertz CT molecular complexity index is 872. The molecule has 30 heavy (non-hydrogen) atoms. The summed E-state index contributed by atoms with van der Waals surface area (Å²) in [5, 5.41) is 13.0. The van der Waals surface area contributed by atoms with Crippen LogP contribution in [0.4, 0.5) is 10.5 Å². The van der Waals surface area contributed by atoms with Crippen molar-refractivity contribution in [2.45, 2.75) is 19.5 Å². The number of hydrogen-bond donors (Lipinski definition) is 3. The van der Waals surface area contributed by atoms with Gasteiger partial charge in [0.15, 0.2) is 0 Å². The summed E-state index contributed by atoms with van der Waals surface area (Å²) in [4.78, 5) is 39.6. The molecule has 1 aromatic heterocycles. The number of rotatable bonds is 5. The van der Waals surface area contributed by atoms with Crippen molar-refractivity contribution in [3.8, 4) is 5.75 Å². The van der Waals surface area contributed by atoms with Crippen molar-refractivity contribution in [2.24, 2.45) is 5.73 Å². The first-order valence-corrected chi connectivity index (χ1v) is 9.03. The number of nitrogens with two attached hydrogens (primary N) is 1. The van der Waals surface area contributed by atoms with Crippen LogP contribution in [-0.4, -0.2) is 71.3 Å². The molecule has 1 unspecified atom stereocenters. The van der Waals surface area contributed by atoms with E-state index in [1.165, 1.54) is 0 Å². The Balaban J connectivity index is 0.00000101. The second-order valence-corrected chi connectivity index (χ2v) is 6.30. The zero-order chi connectivity index (χ0) is 22.1. The van der Waals surface area contributed by atoms with Crippen LogP contribution in [0.25, 0.3) is 0 Å². The first kappa shape index (κ1) is 22.5. The van der Waals surface area contributed by atoms with Crippen LogP contribution in [0.5, 0.6) is 5.75 Å². The average Bonchev–Trinajstić information content (AvgIpc) is 3.22. The monoisotopic (exact) mass is 420 g/mol. The van der Waals surface area contributed by atoms with E-state index in [0.717, 1.165) is 11.4 Å². The van der Waals surface area contributed by atoms with Crippen molar-refractivity contribution >= 4 is 24.1 Å². The van der Waals surface area contributed by atoms with Gasteiger partial charge in [0, 0.05) is 25.7 Å². The lowest BCUT2D eigenvalue weighted by Crippen LogP contribution is -2.56. The van der Waals surface area contributed by atoms with Gasteiger partial charge in [0.05, 0.1) is 19.3 Å². The van der Waals surface area contributed by atoms with E-state index in [2.05, 4.69) is 20.4 Å². The van der Waals surface area contributed by atoms with Crippen LogP contribution in [0.3, 0.4) is 0 Å². The number of ether oxygens (including phenoxy) is 1. The van der Waals surface area contributed by atoms with Gasteiger partial charge in [-0.15, -0.1) is 0 Å². The maximum absolute atomic E-state index is 12.5. The van der Waals surface area contributed by atoms with Gasteiger partial charge in [-0.25, -0.2) is 4.79 Å². The van der Waals surface area contributed by atoms with E-state index in [9.17, 15) is 9.59 Å². The van der Waals surface area contributed by atoms with Crippen LogP contribution in [0.15, 0.2) is 28.8 Å². The first-order chi connectivity index (χ1) is 14.4. The van der Waals surface area contributed by atoms with Crippen molar-refractivity contribution in [3.63, 3.8) is 0 Å². The Morgan fingerprint density at radius 2 is 2.10 bits per heavy atom. The highest BCUT2D eigenvalue weighted by atomic mass is 16.5. The summed E-state index contributed by atoms with van der Waals surface area (Å²) in [7, 11) is 1.65. The molecule has 1 aliphatic heterocycles. The highest BCUT2D eigenvalue weighted by Gasteiger charge is 2.28. The molecule has 4 N–H and O–H groups in total. The highest BCUT2D eigenvalue weighted by molar-refractivity contribution is 5.88. The van der Waals surface area contributed by atoms with E-state index < -0.39 is 5.91 Å². The average molecular weight is 420 g/mol. The Morgan fingerprint density at radius 1 is 1.40 bits per heavy atom. The number of urea groups is 1. The fraction of sp³-hybridized carbons (Fsp3) is 0.389. The summed E-state index contributed by atoms with van der Waals surface area (Å²) >= 11 is 0. The van der Waals surface area contributed by atoms with Crippen LogP contribution >= 0.6 is 0 Å². The zero-order valence-electron chi connectivity index (χ0n) is 16.6. The van der Waals surface area contributed by atoms with Gasteiger partial charge in [0.2, 0.25) is 5.89 Å². The third kappa shape index (κ3) is 5.59. The minimum atomic E-state index is -0.780. The molecule has 0 spiro atoms. The summed E-state index contributed by atoms with van der Waals surface area (Å²) in [5.41, 5.74) is 6.08. The van der Waals surface area contributed by atoms with Crippen molar-refractivity contribution in [1.82, 2.24) is 20.4 Å². The van der Waals surface area contributed by atoms with Crippen molar-refractivity contribution < 1.29 is 28.8 Å². The molecule has 2 heterocycles. The van der Waals surface area contributed by atoms with E-state index in [1.54, 1.807) is 12.0 Å². The number of carbonyl (C=O) groups is 3. The van der Waals surface area contributed by atoms with Crippen molar-refractivity contribution in [3.05, 3.63) is 36.0 Å². The van der Waals surface area contributed by atoms with Gasteiger partial charge >= 0.3 is 6.03 Å². The number of amides is 3. The molecule has 1 fully saturated rings. The standard InChI is InChI=1S/C17H22N6O4.CH2O2/c1-11-10-22(12-5-3-4-6-13(12)26-2)7-8-23(11)17(25)19-9-14-20-16(15(18)24)21-27-14;2-1-3/h3-6,11H,7-10H2,1-2H3,(H2,18,24)(H,19,25);1H,(H,2,3). The fourth-order valence-corrected chi connectivity index (χ4v) is 3.05.